The molecule has 0 aromatic carbocycles. The average Bonchev–Trinajstić information content (AvgIpc) is 2.68. The van der Waals surface area contributed by atoms with Gasteiger partial charge in [0.2, 0.25) is 0 Å². The lowest BCUT2D eigenvalue weighted by molar-refractivity contribution is 0.0593. The molecule has 1 atom stereocenters. The van der Waals surface area contributed by atoms with E-state index in [0.717, 1.165) is 42.5 Å². The largest absolute Gasteiger partial charge is 0.464 e. The Morgan fingerprint density at radius 1 is 1.62 bits per heavy atom. The number of aryl methyl sites for hydroxylation is 1. The summed E-state index contributed by atoms with van der Waals surface area (Å²) in [4.78, 5) is 14.7. The first-order valence-electron chi connectivity index (χ1n) is 5.69. The minimum absolute atomic E-state index is 0.349. The van der Waals surface area contributed by atoms with E-state index in [0.29, 0.717) is 5.69 Å². The summed E-state index contributed by atoms with van der Waals surface area (Å²) in [7, 11) is 1.37. The molecule has 1 unspecified atom stereocenters. The van der Waals surface area contributed by atoms with Gasteiger partial charge in [-0.05, 0) is 31.2 Å². The van der Waals surface area contributed by atoms with Crippen LogP contribution in [0.4, 0.5) is 0 Å². The lowest BCUT2D eigenvalue weighted by Crippen LogP contribution is -2.09. The predicted octanol–water partition coefficient (Wildman–Crippen LogP) is 1.73. The second-order valence-electron chi connectivity index (χ2n) is 4.12. The monoisotopic (exact) mass is 223 g/mol. The summed E-state index contributed by atoms with van der Waals surface area (Å²) in [5.41, 5.74) is 3.34. The summed E-state index contributed by atoms with van der Waals surface area (Å²) in [5, 5.41) is 9.97. The molecule has 4 nitrogen and oxygen atoms in total. The molecular weight excluding hydrogens is 206 g/mol. The molecule has 4 heteroatoms. The van der Waals surface area contributed by atoms with Crippen LogP contribution in [0.15, 0.2) is 0 Å². The lowest BCUT2D eigenvalue weighted by Gasteiger charge is -2.18. The summed E-state index contributed by atoms with van der Waals surface area (Å²) < 4.78 is 4.74. The number of aliphatic hydroxyl groups excluding tert-OH is 1. The molecule has 2 N–H and O–H groups in total. The molecule has 0 saturated carbocycles. The van der Waals surface area contributed by atoms with Crippen molar-refractivity contribution in [1.29, 1.82) is 0 Å². The number of nitrogens with one attached hydrogen (secondary N) is 1. The van der Waals surface area contributed by atoms with Crippen molar-refractivity contribution in [3.63, 3.8) is 0 Å². The Morgan fingerprint density at radius 2 is 2.38 bits per heavy atom. The van der Waals surface area contributed by atoms with Gasteiger partial charge in [-0.3, -0.25) is 0 Å². The van der Waals surface area contributed by atoms with Crippen LogP contribution in [0.2, 0.25) is 0 Å². The number of methoxy groups -OCH3 is 1. The topological polar surface area (TPSA) is 62.3 Å². The van der Waals surface area contributed by atoms with Crippen LogP contribution in [-0.4, -0.2) is 23.2 Å². The van der Waals surface area contributed by atoms with Crippen molar-refractivity contribution < 1.29 is 14.6 Å². The normalized spacial score (nSPS) is 19.3. The van der Waals surface area contributed by atoms with E-state index in [9.17, 15) is 9.90 Å². The van der Waals surface area contributed by atoms with Crippen molar-refractivity contribution >= 4 is 5.97 Å². The van der Waals surface area contributed by atoms with E-state index in [4.69, 9.17) is 4.74 Å². The molecule has 1 aromatic rings. The molecule has 1 aromatic heterocycles. The Bertz CT molecular complexity index is 409. The van der Waals surface area contributed by atoms with Gasteiger partial charge in [-0.1, -0.05) is 6.92 Å². The quantitative estimate of drug-likeness (QED) is 0.750. The second-order valence-corrected chi connectivity index (χ2v) is 4.12. The molecule has 1 aliphatic carbocycles. The maximum atomic E-state index is 11.6. The highest BCUT2D eigenvalue weighted by atomic mass is 16.5. The molecule has 0 fully saturated rings. The Labute approximate surface area is 94.6 Å². The number of hydrogen-bond acceptors (Lipinski definition) is 3. The van der Waals surface area contributed by atoms with Crippen LogP contribution in [-0.2, 0) is 17.6 Å². The number of rotatable bonds is 2. The summed E-state index contributed by atoms with van der Waals surface area (Å²) in [6.07, 6.45) is 2.93. The van der Waals surface area contributed by atoms with Crippen molar-refractivity contribution in [2.45, 2.75) is 38.7 Å². The molecule has 1 heterocycles. The molecule has 0 aliphatic heterocycles. The van der Waals surface area contributed by atoms with Crippen molar-refractivity contribution in [1.82, 2.24) is 4.98 Å². The summed E-state index contributed by atoms with van der Waals surface area (Å²) >= 11 is 0. The number of aromatic amines is 1. The van der Waals surface area contributed by atoms with Crippen LogP contribution >= 0.6 is 0 Å². The minimum atomic E-state index is -0.437. The van der Waals surface area contributed by atoms with Crippen molar-refractivity contribution in [2.24, 2.45) is 0 Å². The lowest BCUT2D eigenvalue weighted by atomic mass is 9.91. The zero-order valence-corrected chi connectivity index (χ0v) is 9.67. The van der Waals surface area contributed by atoms with Crippen LogP contribution < -0.4 is 0 Å². The Hall–Kier alpha value is -1.29. The van der Waals surface area contributed by atoms with Crippen LogP contribution in [0, 0.1) is 0 Å². The molecule has 1 aliphatic rings. The Morgan fingerprint density at radius 3 is 3.00 bits per heavy atom. The van der Waals surface area contributed by atoms with Gasteiger partial charge < -0.3 is 14.8 Å². The van der Waals surface area contributed by atoms with E-state index in [2.05, 4.69) is 4.98 Å². The second kappa shape index (κ2) is 4.29. The highest BCUT2D eigenvalue weighted by molar-refractivity contribution is 5.90. The fourth-order valence-electron chi connectivity index (χ4n) is 2.47. The number of carbonyl (C=O) groups excluding carboxylic acids is 1. The standard InChI is InChI=1S/C12H17NO3/c1-3-7-10-8(5-4-6-9(10)14)13-11(7)12(15)16-2/h9,13-14H,3-6H2,1-2H3. The van der Waals surface area contributed by atoms with Gasteiger partial charge >= 0.3 is 5.97 Å². The van der Waals surface area contributed by atoms with Crippen molar-refractivity contribution in [3.8, 4) is 0 Å². The molecule has 0 spiro atoms. The number of aliphatic hydroxyl groups is 1. The van der Waals surface area contributed by atoms with Gasteiger partial charge in [-0.15, -0.1) is 0 Å². The molecule has 0 amide bonds. The van der Waals surface area contributed by atoms with Gasteiger partial charge in [0.15, 0.2) is 0 Å². The van der Waals surface area contributed by atoms with Crippen LogP contribution in [0.1, 0.15) is 53.2 Å². The maximum Gasteiger partial charge on any atom is 0.354 e. The van der Waals surface area contributed by atoms with Gasteiger partial charge in [-0.25, -0.2) is 4.79 Å². The predicted molar refractivity (Wildman–Crippen MR) is 59.4 cm³/mol. The van der Waals surface area contributed by atoms with E-state index in [1.165, 1.54) is 7.11 Å². The smallest absolute Gasteiger partial charge is 0.354 e. The number of fused-ring (bicyclic) bond motifs is 1. The highest BCUT2D eigenvalue weighted by Gasteiger charge is 2.27. The highest BCUT2D eigenvalue weighted by Crippen LogP contribution is 2.34. The summed E-state index contributed by atoms with van der Waals surface area (Å²) in [6.45, 7) is 1.98. The molecule has 88 valence electrons. The van der Waals surface area contributed by atoms with E-state index >= 15 is 0 Å². The zero-order chi connectivity index (χ0) is 11.7. The number of ether oxygens (including phenoxy) is 1. The minimum Gasteiger partial charge on any atom is -0.464 e. The van der Waals surface area contributed by atoms with Crippen LogP contribution in [0.3, 0.4) is 0 Å². The molecule has 0 bridgehead atoms. The molecule has 0 radical (unpaired) electrons. The van der Waals surface area contributed by atoms with E-state index in [1.54, 1.807) is 0 Å². The van der Waals surface area contributed by atoms with E-state index in [1.807, 2.05) is 6.92 Å². The Kier molecular flexibility index (Phi) is 3.01. The Balaban J connectivity index is 2.52. The third kappa shape index (κ3) is 1.63. The first kappa shape index (κ1) is 11.2. The molecule has 2 rings (SSSR count). The number of esters is 1. The van der Waals surface area contributed by atoms with E-state index in [-0.39, 0.29) is 5.97 Å². The fourth-order valence-corrected chi connectivity index (χ4v) is 2.47. The van der Waals surface area contributed by atoms with Gasteiger partial charge in [0.25, 0.3) is 0 Å². The number of aromatic nitrogens is 1. The summed E-state index contributed by atoms with van der Waals surface area (Å²) in [5.74, 6) is -0.349. The van der Waals surface area contributed by atoms with Crippen molar-refractivity contribution in [3.05, 3.63) is 22.5 Å². The third-order valence-corrected chi connectivity index (χ3v) is 3.21. The van der Waals surface area contributed by atoms with Gasteiger partial charge in [0.1, 0.15) is 5.69 Å². The third-order valence-electron chi connectivity index (χ3n) is 3.21. The average molecular weight is 223 g/mol. The number of H-pyrrole nitrogens is 1. The molecule has 16 heavy (non-hydrogen) atoms. The van der Waals surface area contributed by atoms with Crippen LogP contribution in [0.5, 0.6) is 0 Å². The van der Waals surface area contributed by atoms with Crippen LogP contribution in [0.25, 0.3) is 0 Å². The number of hydrogen-bond donors (Lipinski definition) is 2. The maximum absolute atomic E-state index is 11.6. The molecule has 0 saturated heterocycles. The van der Waals surface area contributed by atoms with Gasteiger partial charge in [0, 0.05) is 11.3 Å². The molecular formula is C12H17NO3. The fraction of sp³-hybridized carbons (Fsp3) is 0.583. The van der Waals surface area contributed by atoms with Crippen molar-refractivity contribution in [2.75, 3.05) is 7.11 Å². The summed E-state index contributed by atoms with van der Waals surface area (Å²) in [6, 6.07) is 0. The first-order valence-corrected chi connectivity index (χ1v) is 5.69. The van der Waals surface area contributed by atoms with E-state index < -0.39 is 6.10 Å². The van der Waals surface area contributed by atoms with Gasteiger partial charge in [-0.2, -0.15) is 0 Å². The zero-order valence-electron chi connectivity index (χ0n) is 9.67. The number of carbonyl (C=O) groups is 1. The first-order chi connectivity index (χ1) is 7.69. The SMILES string of the molecule is CCc1c(C(=O)OC)[nH]c2c1C(O)CCC2. The van der Waals surface area contributed by atoms with Gasteiger partial charge in [0.05, 0.1) is 13.2 Å².